The van der Waals surface area contributed by atoms with Crippen molar-refractivity contribution < 1.29 is 0 Å². The number of hydrogen-bond donors (Lipinski definition) is 1. The maximum Gasteiger partial charge on any atom is 0.197 e. The van der Waals surface area contributed by atoms with E-state index in [-0.39, 0.29) is 5.41 Å². The van der Waals surface area contributed by atoms with Gasteiger partial charge < -0.3 is 10.2 Å². The summed E-state index contributed by atoms with van der Waals surface area (Å²) in [5.74, 6) is 0. The average Bonchev–Trinajstić information content (AvgIpc) is 3.58. The van der Waals surface area contributed by atoms with E-state index < -0.39 is 0 Å². The van der Waals surface area contributed by atoms with Crippen LogP contribution in [0, 0.1) is 0 Å². The van der Waals surface area contributed by atoms with Gasteiger partial charge in [0, 0.05) is 44.8 Å². The van der Waals surface area contributed by atoms with Gasteiger partial charge in [0.25, 0.3) is 0 Å². The first kappa shape index (κ1) is 37.9. The Labute approximate surface area is 376 Å². The lowest BCUT2D eigenvalue weighted by Gasteiger charge is -2.36. The van der Waals surface area contributed by atoms with Crippen molar-refractivity contribution in [3.05, 3.63) is 236 Å². The van der Waals surface area contributed by atoms with Gasteiger partial charge in [-0.1, -0.05) is 195 Å². The quantitative estimate of drug-likeness (QED) is 0.161. The standard InChI is InChI=1S/C61H44BN2/c1-61(2)54-25-15-14-24-50(54)51-38-52(57(39-55(51)61)63-47-31-26-43(27-32-47)40-16-6-3-7-17-40)53-36-46-22-12-13-23-49(46)60-59(53)62-56-37-45(42-20-10-5-11-21-42)30-35-58(56)64(60)48-33-28-44(29-34-48)41-18-8-4-9-19-41/h3-39,63H,1-2H3. The van der Waals surface area contributed by atoms with E-state index in [1.54, 1.807) is 0 Å². The largest absolute Gasteiger partial charge is 0.355 e. The van der Waals surface area contributed by atoms with Crippen molar-refractivity contribution in [2.75, 3.05) is 10.2 Å². The Morgan fingerprint density at radius 2 is 0.984 bits per heavy atom. The minimum absolute atomic E-state index is 0.164. The van der Waals surface area contributed by atoms with Crippen molar-refractivity contribution in [2.45, 2.75) is 19.3 Å². The highest BCUT2D eigenvalue weighted by atomic mass is 15.2. The molecule has 0 amide bonds. The smallest absolute Gasteiger partial charge is 0.197 e. The van der Waals surface area contributed by atoms with Crippen LogP contribution in [-0.4, -0.2) is 7.28 Å². The number of hydrogen-bond acceptors (Lipinski definition) is 2. The molecule has 301 valence electrons. The van der Waals surface area contributed by atoms with Crippen molar-refractivity contribution in [1.29, 1.82) is 0 Å². The maximum atomic E-state index is 3.99. The molecule has 64 heavy (non-hydrogen) atoms. The van der Waals surface area contributed by atoms with Crippen LogP contribution in [0.3, 0.4) is 0 Å². The second-order valence-electron chi connectivity index (χ2n) is 17.6. The molecule has 1 heterocycles. The topological polar surface area (TPSA) is 15.3 Å². The first-order valence-electron chi connectivity index (χ1n) is 22.2. The summed E-state index contributed by atoms with van der Waals surface area (Å²) in [7, 11) is 2.44. The molecule has 0 saturated carbocycles. The van der Waals surface area contributed by atoms with Crippen molar-refractivity contribution in [3.8, 4) is 55.6 Å². The van der Waals surface area contributed by atoms with Gasteiger partial charge in [-0.05, 0) is 121 Å². The van der Waals surface area contributed by atoms with Crippen LogP contribution in [0.15, 0.2) is 224 Å². The Kier molecular flexibility index (Phi) is 8.98. The molecule has 2 nitrogen and oxygen atoms in total. The monoisotopic (exact) mass is 815 g/mol. The molecule has 1 aliphatic heterocycles. The Morgan fingerprint density at radius 1 is 0.422 bits per heavy atom. The third-order valence-electron chi connectivity index (χ3n) is 13.5. The van der Waals surface area contributed by atoms with Crippen LogP contribution < -0.4 is 21.1 Å². The van der Waals surface area contributed by atoms with Crippen LogP contribution in [-0.2, 0) is 5.41 Å². The van der Waals surface area contributed by atoms with E-state index >= 15 is 0 Å². The minimum Gasteiger partial charge on any atom is -0.355 e. The van der Waals surface area contributed by atoms with E-state index in [1.165, 1.54) is 94.1 Å². The molecule has 0 aromatic heterocycles. The Balaban J connectivity index is 1.10. The average molecular weight is 816 g/mol. The Morgan fingerprint density at radius 3 is 1.67 bits per heavy atom. The zero-order valence-corrected chi connectivity index (χ0v) is 35.9. The summed E-state index contributed by atoms with van der Waals surface area (Å²) in [6.07, 6.45) is 0. The van der Waals surface area contributed by atoms with E-state index in [1.807, 2.05) is 0 Å². The van der Waals surface area contributed by atoms with Gasteiger partial charge in [-0.15, -0.1) is 0 Å². The Bertz CT molecular complexity index is 3380. The summed E-state index contributed by atoms with van der Waals surface area (Å²) in [5, 5.41) is 6.39. The molecule has 0 saturated heterocycles. The number of nitrogens with zero attached hydrogens (tertiary/aromatic N) is 1. The second-order valence-corrected chi connectivity index (χ2v) is 17.6. The van der Waals surface area contributed by atoms with Crippen molar-refractivity contribution in [3.63, 3.8) is 0 Å². The molecule has 0 spiro atoms. The summed E-state index contributed by atoms with van der Waals surface area (Å²) >= 11 is 0. The third kappa shape index (κ3) is 6.35. The van der Waals surface area contributed by atoms with Crippen LogP contribution in [0.4, 0.5) is 28.4 Å². The van der Waals surface area contributed by atoms with Gasteiger partial charge in [-0.2, -0.15) is 0 Å². The lowest BCUT2D eigenvalue weighted by molar-refractivity contribution is 0.660. The zero-order valence-electron chi connectivity index (χ0n) is 35.9. The first-order chi connectivity index (χ1) is 31.5. The molecule has 0 fully saturated rings. The predicted octanol–water partition coefficient (Wildman–Crippen LogP) is 15.0. The fourth-order valence-electron chi connectivity index (χ4n) is 10.2. The fraction of sp³-hybridized carbons (Fsp3) is 0.0492. The lowest BCUT2D eigenvalue weighted by Crippen LogP contribution is -2.41. The highest BCUT2D eigenvalue weighted by Gasteiger charge is 2.37. The van der Waals surface area contributed by atoms with Gasteiger partial charge in [0.2, 0.25) is 0 Å². The minimum atomic E-state index is -0.164. The molecule has 10 aromatic carbocycles. The normalized spacial score (nSPS) is 13.1. The molecule has 2 aliphatic rings. The number of nitrogens with one attached hydrogen (secondary N) is 1. The predicted molar refractivity (Wildman–Crippen MR) is 273 cm³/mol. The number of fused-ring (bicyclic) bond motifs is 7. The third-order valence-corrected chi connectivity index (χ3v) is 13.5. The molecule has 3 heteroatoms. The molecule has 0 bridgehead atoms. The summed E-state index contributed by atoms with van der Waals surface area (Å²) in [6, 6.07) is 82.1. The highest BCUT2D eigenvalue weighted by Crippen LogP contribution is 2.52. The van der Waals surface area contributed by atoms with Gasteiger partial charge in [-0.3, -0.25) is 0 Å². The molecular formula is C61H44BN2. The molecule has 1 radical (unpaired) electrons. The van der Waals surface area contributed by atoms with Crippen LogP contribution in [0.25, 0.3) is 66.4 Å². The molecular weight excluding hydrogens is 771 g/mol. The van der Waals surface area contributed by atoms with Gasteiger partial charge in [0.05, 0.1) is 0 Å². The van der Waals surface area contributed by atoms with E-state index in [2.05, 4.69) is 256 Å². The van der Waals surface area contributed by atoms with Crippen molar-refractivity contribution >= 4 is 57.4 Å². The van der Waals surface area contributed by atoms with Gasteiger partial charge in [-0.25, -0.2) is 0 Å². The van der Waals surface area contributed by atoms with Crippen LogP contribution >= 0.6 is 0 Å². The SMILES string of the molecule is CC1(C)c2ccccc2-c2cc(-c3cc4ccccc4c4c3[B]c3cc(-c5ccccc5)ccc3N4c3ccc(-c4ccccc4)cc3)c(Nc3ccc(-c4ccccc4)cc3)cc21. The van der Waals surface area contributed by atoms with Gasteiger partial charge in [0.15, 0.2) is 7.28 Å². The van der Waals surface area contributed by atoms with E-state index in [9.17, 15) is 0 Å². The summed E-state index contributed by atoms with van der Waals surface area (Å²) in [4.78, 5) is 2.50. The second kappa shape index (κ2) is 15.2. The molecule has 1 aliphatic carbocycles. The zero-order chi connectivity index (χ0) is 42.8. The van der Waals surface area contributed by atoms with E-state index in [0.717, 1.165) is 22.7 Å². The number of anilines is 5. The Hall–Kier alpha value is -7.88. The van der Waals surface area contributed by atoms with Crippen molar-refractivity contribution in [1.82, 2.24) is 0 Å². The van der Waals surface area contributed by atoms with Gasteiger partial charge in [0.1, 0.15) is 0 Å². The molecule has 12 rings (SSSR count). The van der Waals surface area contributed by atoms with Crippen LogP contribution in [0.1, 0.15) is 25.0 Å². The van der Waals surface area contributed by atoms with Crippen LogP contribution in [0.5, 0.6) is 0 Å². The van der Waals surface area contributed by atoms with E-state index in [4.69, 9.17) is 0 Å². The molecule has 1 N–H and O–H groups in total. The summed E-state index contributed by atoms with van der Waals surface area (Å²) in [6.45, 7) is 4.73. The number of benzene rings is 10. The first-order valence-corrected chi connectivity index (χ1v) is 22.2. The fourth-order valence-corrected chi connectivity index (χ4v) is 10.2. The summed E-state index contributed by atoms with van der Waals surface area (Å²) in [5.41, 5.74) is 22.6. The van der Waals surface area contributed by atoms with E-state index in [0.29, 0.717) is 0 Å². The lowest BCUT2D eigenvalue weighted by atomic mass is 9.57. The number of rotatable bonds is 7. The highest BCUT2D eigenvalue weighted by molar-refractivity contribution is 6.74. The molecule has 10 aromatic rings. The van der Waals surface area contributed by atoms with Gasteiger partial charge >= 0.3 is 0 Å². The molecule has 0 unspecified atom stereocenters. The summed E-state index contributed by atoms with van der Waals surface area (Å²) < 4.78 is 0. The van der Waals surface area contributed by atoms with Crippen LogP contribution in [0.2, 0.25) is 0 Å². The maximum absolute atomic E-state index is 3.99. The van der Waals surface area contributed by atoms with Crippen molar-refractivity contribution in [2.24, 2.45) is 0 Å². The molecule has 0 atom stereocenters.